The van der Waals surface area contributed by atoms with E-state index in [0.29, 0.717) is 12.1 Å². The highest BCUT2D eigenvalue weighted by molar-refractivity contribution is 6.05. The van der Waals surface area contributed by atoms with Crippen LogP contribution in [0.15, 0.2) is 48.5 Å². The molecule has 0 aliphatic heterocycles. The van der Waals surface area contributed by atoms with Crippen molar-refractivity contribution in [1.29, 1.82) is 0 Å². The second-order valence-corrected chi connectivity index (χ2v) is 4.94. The van der Waals surface area contributed by atoms with Crippen molar-refractivity contribution in [3.8, 4) is 0 Å². The molecular formula is C17H20N2O. The molecule has 0 radical (unpaired) electrons. The summed E-state index contributed by atoms with van der Waals surface area (Å²) in [5.74, 6) is -0.00634. The van der Waals surface area contributed by atoms with E-state index in [4.69, 9.17) is 5.73 Å². The number of carbonyl (C=O) groups excluding carboxylic acids is 1. The van der Waals surface area contributed by atoms with Gasteiger partial charge >= 0.3 is 0 Å². The molecule has 2 aromatic carbocycles. The molecule has 2 aromatic rings. The molecule has 0 atom stereocenters. The molecule has 3 nitrogen and oxygen atoms in total. The molecule has 3 heteroatoms. The smallest absolute Gasteiger partial charge is 0.258 e. The number of nitrogens with zero attached hydrogens (tertiary/aromatic N) is 1. The van der Waals surface area contributed by atoms with Crippen LogP contribution in [0.2, 0.25) is 0 Å². The van der Waals surface area contributed by atoms with Crippen LogP contribution in [0.1, 0.15) is 21.5 Å². The summed E-state index contributed by atoms with van der Waals surface area (Å²) in [6.45, 7) is 2.65. The fraction of sp³-hybridized carbons (Fsp3) is 0.235. The number of nitrogens with two attached hydrogens (primary N) is 1. The van der Waals surface area contributed by atoms with Gasteiger partial charge in [0.15, 0.2) is 0 Å². The van der Waals surface area contributed by atoms with E-state index in [2.05, 4.69) is 0 Å². The Kier molecular flexibility index (Phi) is 4.53. The van der Waals surface area contributed by atoms with Gasteiger partial charge < -0.3 is 10.6 Å². The van der Waals surface area contributed by atoms with Crippen LogP contribution < -0.4 is 10.6 Å². The summed E-state index contributed by atoms with van der Waals surface area (Å²) in [5, 5.41) is 0. The first kappa shape index (κ1) is 14.3. The van der Waals surface area contributed by atoms with E-state index in [1.165, 1.54) is 5.56 Å². The van der Waals surface area contributed by atoms with Crippen molar-refractivity contribution in [1.82, 2.24) is 0 Å². The Balaban J connectivity index is 2.15. The molecule has 0 spiro atoms. The van der Waals surface area contributed by atoms with Gasteiger partial charge in [0.05, 0.1) is 0 Å². The number of anilines is 1. The van der Waals surface area contributed by atoms with Crippen LogP contribution in [0.5, 0.6) is 0 Å². The molecular weight excluding hydrogens is 248 g/mol. The molecule has 0 heterocycles. The number of amides is 1. The Hall–Kier alpha value is -2.13. The van der Waals surface area contributed by atoms with Crippen LogP contribution in [-0.2, 0) is 6.42 Å². The van der Waals surface area contributed by atoms with Crippen molar-refractivity contribution in [3.05, 3.63) is 65.2 Å². The van der Waals surface area contributed by atoms with Gasteiger partial charge in [-0.25, -0.2) is 0 Å². The lowest BCUT2D eigenvalue weighted by Crippen LogP contribution is -2.26. The first-order chi connectivity index (χ1) is 9.61. The van der Waals surface area contributed by atoms with Gasteiger partial charge in [-0.3, -0.25) is 4.79 Å². The third kappa shape index (κ3) is 3.25. The first-order valence-corrected chi connectivity index (χ1v) is 6.75. The summed E-state index contributed by atoms with van der Waals surface area (Å²) in [5.41, 5.74) is 9.44. The van der Waals surface area contributed by atoms with E-state index in [1.807, 2.05) is 55.5 Å². The molecule has 0 aromatic heterocycles. The molecule has 104 valence electrons. The van der Waals surface area contributed by atoms with Crippen molar-refractivity contribution >= 4 is 11.6 Å². The van der Waals surface area contributed by atoms with Crippen LogP contribution in [0, 0.1) is 6.92 Å². The molecule has 20 heavy (non-hydrogen) atoms. The van der Waals surface area contributed by atoms with E-state index >= 15 is 0 Å². The third-order valence-corrected chi connectivity index (χ3v) is 3.36. The Morgan fingerprint density at radius 1 is 1.05 bits per heavy atom. The van der Waals surface area contributed by atoms with E-state index in [0.717, 1.165) is 17.7 Å². The molecule has 0 aliphatic rings. The number of rotatable bonds is 4. The highest BCUT2D eigenvalue weighted by atomic mass is 16.2. The number of carbonyl (C=O) groups is 1. The summed E-state index contributed by atoms with van der Waals surface area (Å²) >= 11 is 0. The van der Waals surface area contributed by atoms with Crippen molar-refractivity contribution in [2.45, 2.75) is 13.3 Å². The van der Waals surface area contributed by atoms with Gasteiger partial charge in [0.2, 0.25) is 0 Å². The summed E-state index contributed by atoms with van der Waals surface area (Å²) in [4.78, 5) is 14.1. The second-order valence-electron chi connectivity index (χ2n) is 4.94. The van der Waals surface area contributed by atoms with Gasteiger partial charge in [0.1, 0.15) is 0 Å². The Morgan fingerprint density at radius 2 is 1.65 bits per heavy atom. The second kappa shape index (κ2) is 6.35. The molecule has 0 saturated carbocycles. The minimum Gasteiger partial charge on any atom is -0.330 e. The van der Waals surface area contributed by atoms with E-state index in [1.54, 1.807) is 11.9 Å². The first-order valence-electron chi connectivity index (χ1n) is 6.75. The standard InChI is InChI=1S/C17H20N2O/c1-13-3-9-16(10-4-13)19(2)17(20)15-7-5-14(6-8-15)11-12-18/h3-10H,11-12,18H2,1-2H3. The Morgan fingerprint density at radius 3 is 2.20 bits per heavy atom. The van der Waals surface area contributed by atoms with Gasteiger partial charge in [-0.1, -0.05) is 29.8 Å². The normalized spacial score (nSPS) is 10.3. The van der Waals surface area contributed by atoms with Gasteiger partial charge in [0, 0.05) is 18.3 Å². The SMILES string of the molecule is Cc1ccc(N(C)C(=O)c2ccc(CCN)cc2)cc1. The largest absolute Gasteiger partial charge is 0.330 e. The quantitative estimate of drug-likeness (QED) is 0.926. The molecule has 2 N–H and O–H groups in total. The summed E-state index contributed by atoms with van der Waals surface area (Å²) < 4.78 is 0. The van der Waals surface area contributed by atoms with Crippen LogP contribution in [0.3, 0.4) is 0 Å². The molecule has 0 aliphatic carbocycles. The van der Waals surface area contributed by atoms with E-state index in [-0.39, 0.29) is 5.91 Å². The summed E-state index contributed by atoms with van der Waals surface area (Å²) in [6, 6.07) is 15.6. The number of aryl methyl sites for hydroxylation is 1. The average Bonchev–Trinajstić information content (AvgIpc) is 2.48. The highest BCUT2D eigenvalue weighted by Crippen LogP contribution is 2.16. The minimum atomic E-state index is -0.00634. The monoisotopic (exact) mass is 268 g/mol. The Labute approximate surface area is 120 Å². The fourth-order valence-electron chi connectivity index (χ4n) is 2.06. The fourth-order valence-corrected chi connectivity index (χ4v) is 2.06. The van der Waals surface area contributed by atoms with Crippen LogP contribution in [0.4, 0.5) is 5.69 Å². The predicted molar refractivity (Wildman–Crippen MR) is 83.1 cm³/mol. The van der Waals surface area contributed by atoms with Gasteiger partial charge in [-0.15, -0.1) is 0 Å². The van der Waals surface area contributed by atoms with Gasteiger partial charge in [0.25, 0.3) is 5.91 Å². The number of hydrogen-bond acceptors (Lipinski definition) is 2. The maximum absolute atomic E-state index is 12.4. The molecule has 2 rings (SSSR count). The van der Waals surface area contributed by atoms with Crippen molar-refractivity contribution in [3.63, 3.8) is 0 Å². The zero-order chi connectivity index (χ0) is 14.5. The molecule has 0 fully saturated rings. The average molecular weight is 268 g/mol. The summed E-state index contributed by atoms with van der Waals surface area (Å²) in [6.07, 6.45) is 0.836. The lowest BCUT2D eigenvalue weighted by Gasteiger charge is -2.17. The van der Waals surface area contributed by atoms with Crippen molar-refractivity contribution in [2.24, 2.45) is 5.73 Å². The van der Waals surface area contributed by atoms with E-state index < -0.39 is 0 Å². The zero-order valence-electron chi connectivity index (χ0n) is 12.0. The van der Waals surface area contributed by atoms with Crippen LogP contribution in [0.25, 0.3) is 0 Å². The molecule has 0 saturated heterocycles. The highest BCUT2D eigenvalue weighted by Gasteiger charge is 2.12. The van der Waals surface area contributed by atoms with Crippen LogP contribution in [-0.4, -0.2) is 19.5 Å². The summed E-state index contributed by atoms with van der Waals surface area (Å²) in [7, 11) is 1.79. The van der Waals surface area contributed by atoms with E-state index in [9.17, 15) is 4.79 Å². The molecule has 1 amide bonds. The third-order valence-electron chi connectivity index (χ3n) is 3.36. The number of benzene rings is 2. The molecule has 0 bridgehead atoms. The maximum Gasteiger partial charge on any atom is 0.258 e. The topological polar surface area (TPSA) is 46.3 Å². The van der Waals surface area contributed by atoms with Gasteiger partial charge in [-0.2, -0.15) is 0 Å². The van der Waals surface area contributed by atoms with Crippen molar-refractivity contribution in [2.75, 3.05) is 18.5 Å². The van der Waals surface area contributed by atoms with Crippen molar-refractivity contribution < 1.29 is 4.79 Å². The lowest BCUT2D eigenvalue weighted by atomic mass is 10.1. The molecule has 0 unspecified atom stereocenters. The minimum absolute atomic E-state index is 0.00634. The predicted octanol–water partition coefficient (Wildman–Crippen LogP) is 2.77. The Bertz CT molecular complexity index is 573. The van der Waals surface area contributed by atoms with Gasteiger partial charge in [-0.05, 0) is 49.7 Å². The zero-order valence-corrected chi connectivity index (χ0v) is 12.0. The number of hydrogen-bond donors (Lipinski definition) is 1. The maximum atomic E-state index is 12.4. The lowest BCUT2D eigenvalue weighted by molar-refractivity contribution is 0.0993. The van der Waals surface area contributed by atoms with Crippen LogP contribution >= 0.6 is 0 Å².